The predicted octanol–water partition coefficient (Wildman–Crippen LogP) is 4.76. The van der Waals surface area contributed by atoms with Crippen molar-refractivity contribution in [3.05, 3.63) is 51.2 Å². The fourth-order valence-electron chi connectivity index (χ4n) is 1.93. The van der Waals surface area contributed by atoms with Crippen molar-refractivity contribution in [1.82, 2.24) is 5.16 Å². The van der Waals surface area contributed by atoms with E-state index in [0.29, 0.717) is 11.1 Å². The van der Waals surface area contributed by atoms with E-state index in [-0.39, 0.29) is 17.0 Å². The average Bonchev–Trinajstić information content (AvgIpc) is 2.78. The molecule has 1 N–H and O–H groups in total. The van der Waals surface area contributed by atoms with Gasteiger partial charge in [-0.2, -0.15) is 0 Å². The number of benzene rings is 2. The summed E-state index contributed by atoms with van der Waals surface area (Å²) in [7, 11) is 0. The van der Waals surface area contributed by atoms with Crippen molar-refractivity contribution >= 4 is 44.9 Å². The monoisotopic (exact) mass is 386 g/mol. The maximum Gasteiger partial charge on any atom is 0.204 e. The van der Waals surface area contributed by atoms with Crippen LogP contribution in [-0.2, 0) is 0 Å². The van der Waals surface area contributed by atoms with E-state index in [1.165, 1.54) is 6.07 Å². The first-order chi connectivity index (χ1) is 9.56. The maximum absolute atomic E-state index is 14.3. The van der Waals surface area contributed by atoms with E-state index >= 15 is 0 Å². The molecule has 102 valence electrons. The Balaban J connectivity index is 2.04. The normalized spacial score (nSPS) is 11.0. The smallest absolute Gasteiger partial charge is 0.204 e. The van der Waals surface area contributed by atoms with Crippen molar-refractivity contribution < 1.29 is 13.3 Å². The van der Waals surface area contributed by atoms with Crippen molar-refractivity contribution in [3.8, 4) is 0 Å². The molecule has 0 aliphatic rings. The number of fused-ring (bicyclic) bond motifs is 1. The maximum atomic E-state index is 14.3. The predicted molar refractivity (Wildman–Crippen MR) is 81.1 cm³/mol. The van der Waals surface area contributed by atoms with Gasteiger partial charge in [0.1, 0.15) is 5.82 Å². The molecule has 0 unspecified atom stereocenters. The fraction of sp³-hybridized carbons (Fsp3) is 0.0714. The highest BCUT2D eigenvalue weighted by molar-refractivity contribution is 14.1. The number of hydrogen-bond donors (Lipinski definition) is 1. The molecular formula is C14H9F2IN2O. The molecule has 0 saturated carbocycles. The van der Waals surface area contributed by atoms with Crippen LogP contribution in [0.3, 0.4) is 0 Å². The summed E-state index contributed by atoms with van der Waals surface area (Å²) in [6.45, 7) is 1.73. The summed E-state index contributed by atoms with van der Waals surface area (Å²) < 4.78 is 33.7. The molecule has 0 atom stereocenters. The van der Waals surface area contributed by atoms with Gasteiger partial charge in [0.05, 0.1) is 17.1 Å². The first-order valence-electron chi connectivity index (χ1n) is 5.83. The lowest BCUT2D eigenvalue weighted by molar-refractivity contribution is 0.436. The zero-order chi connectivity index (χ0) is 14.3. The van der Waals surface area contributed by atoms with Gasteiger partial charge in [-0.15, -0.1) is 0 Å². The van der Waals surface area contributed by atoms with Gasteiger partial charge in [0.15, 0.2) is 5.82 Å². The van der Waals surface area contributed by atoms with E-state index < -0.39 is 11.6 Å². The number of hydrogen-bond acceptors (Lipinski definition) is 3. The van der Waals surface area contributed by atoms with E-state index in [1.54, 1.807) is 31.2 Å². The Hall–Kier alpha value is -1.70. The Labute approximate surface area is 127 Å². The average molecular weight is 386 g/mol. The second kappa shape index (κ2) is 5.01. The van der Waals surface area contributed by atoms with Gasteiger partial charge in [-0.1, -0.05) is 5.16 Å². The fourth-order valence-corrected chi connectivity index (χ4v) is 2.38. The molecule has 0 aliphatic heterocycles. The van der Waals surface area contributed by atoms with Crippen LogP contribution in [0.1, 0.15) is 5.69 Å². The molecule has 0 spiro atoms. The summed E-state index contributed by atoms with van der Waals surface area (Å²) in [4.78, 5) is 0. The van der Waals surface area contributed by atoms with Gasteiger partial charge in [-0.3, -0.25) is 0 Å². The van der Waals surface area contributed by atoms with Crippen LogP contribution >= 0.6 is 22.6 Å². The second-order valence-electron chi connectivity index (χ2n) is 4.32. The summed E-state index contributed by atoms with van der Waals surface area (Å²) in [5.41, 5.74) is 1.04. The number of anilines is 2. The largest absolute Gasteiger partial charge is 0.353 e. The van der Waals surface area contributed by atoms with Gasteiger partial charge in [0.2, 0.25) is 5.58 Å². The Kier molecular flexibility index (Phi) is 3.33. The second-order valence-corrected chi connectivity index (χ2v) is 5.57. The van der Waals surface area contributed by atoms with E-state index in [9.17, 15) is 8.78 Å². The SMILES string of the molecule is Cc1noc2c(F)c(Nc3ccc(I)cc3F)ccc12. The molecule has 6 heteroatoms. The quantitative estimate of drug-likeness (QED) is 0.646. The highest BCUT2D eigenvalue weighted by Crippen LogP contribution is 2.29. The van der Waals surface area contributed by atoms with E-state index in [4.69, 9.17) is 4.52 Å². The minimum absolute atomic E-state index is 0.0680. The number of halogens is 3. The lowest BCUT2D eigenvalue weighted by Crippen LogP contribution is -1.97. The number of nitrogens with one attached hydrogen (secondary N) is 1. The molecule has 0 amide bonds. The van der Waals surface area contributed by atoms with Crippen molar-refractivity contribution in [2.24, 2.45) is 0 Å². The van der Waals surface area contributed by atoms with E-state index in [1.807, 2.05) is 22.6 Å². The third kappa shape index (κ3) is 2.24. The van der Waals surface area contributed by atoms with Gasteiger partial charge < -0.3 is 9.84 Å². The molecule has 20 heavy (non-hydrogen) atoms. The molecule has 3 rings (SSSR count). The van der Waals surface area contributed by atoms with Crippen LogP contribution in [0.25, 0.3) is 11.0 Å². The highest BCUT2D eigenvalue weighted by Gasteiger charge is 2.14. The Morgan fingerprint density at radius 1 is 1.15 bits per heavy atom. The topological polar surface area (TPSA) is 38.1 Å². The van der Waals surface area contributed by atoms with Gasteiger partial charge in [0, 0.05) is 8.96 Å². The third-order valence-corrected chi connectivity index (χ3v) is 3.63. The first-order valence-corrected chi connectivity index (χ1v) is 6.90. The number of rotatable bonds is 2. The molecule has 0 radical (unpaired) electrons. The summed E-state index contributed by atoms with van der Waals surface area (Å²) in [5.74, 6) is -1.02. The zero-order valence-electron chi connectivity index (χ0n) is 10.4. The Morgan fingerprint density at radius 2 is 1.90 bits per heavy atom. The van der Waals surface area contributed by atoms with Gasteiger partial charge >= 0.3 is 0 Å². The van der Waals surface area contributed by atoms with Crippen LogP contribution < -0.4 is 5.32 Å². The Bertz CT molecular complexity index is 801. The zero-order valence-corrected chi connectivity index (χ0v) is 12.5. The van der Waals surface area contributed by atoms with Crippen molar-refractivity contribution in [2.45, 2.75) is 6.92 Å². The minimum Gasteiger partial charge on any atom is -0.353 e. The first kappa shape index (κ1) is 13.3. The van der Waals surface area contributed by atoms with Crippen LogP contribution in [0, 0.1) is 22.1 Å². The molecule has 3 aromatic rings. The minimum atomic E-state index is -0.582. The van der Waals surface area contributed by atoms with Crippen LogP contribution in [0.15, 0.2) is 34.9 Å². The third-order valence-electron chi connectivity index (χ3n) is 2.96. The van der Waals surface area contributed by atoms with Crippen molar-refractivity contribution in [3.63, 3.8) is 0 Å². The molecule has 0 bridgehead atoms. The number of aromatic nitrogens is 1. The van der Waals surface area contributed by atoms with Gasteiger partial charge in [-0.05, 0) is 59.8 Å². The number of nitrogens with zero attached hydrogens (tertiary/aromatic N) is 1. The Morgan fingerprint density at radius 3 is 2.65 bits per heavy atom. The molecule has 0 aliphatic carbocycles. The molecule has 1 heterocycles. The van der Waals surface area contributed by atoms with E-state index in [2.05, 4.69) is 10.5 Å². The standard InChI is InChI=1S/C14H9F2IN2O/c1-7-9-3-5-12(13(16)14(9)20-19-7)18-11-4-2-8(17)6-10(11)15/h2-6,18H,1H3. The van der Waals surface area contributed by atoms with Crippen LogP contribution in [0.4, 0.5) is 20.2 Å². The molecule has 2 aromatic carbocycles. The van der Waals surface area contributed by atoms with Crippen molar-refractivity contribution in [1.29, 1.82) is 0 Å². The summed E-state index contributed by atoms with van der Waals surface area (Å²) in [6.07, 6.45) is 0. The van der Waals surface area contributed by atoms with E-state index in [0.717, 1.165) is 3.57 Å². The lowest BCUT2D eigenvalue weighted by atomic mass is 10.2. The van der Waals surface area contributed by atoms with Crippen LogP contribution in [-0.4, -0.2) is 5.16 Å². The van der Waals surface area contributed by atoms with Gasteiger partial charge in [0.25, 0.3) is 0 Å². The molecule has 1 aromatic heterocycles. The highest BCUT2D eigenvalue weighted by atomic mass is 127. The molecule has 0 saturated heterocycles. The number of aryl methyl sites for hydroxylation is 1. The summed E-state index contributed by atoms with van der Waals surface area (Å²) in [6, 6.07) is 7.90. The molecule has 0 fully saturated rings. The summed E-state index contributed by atoms with van der Waals surface area (Å²) >= 11 is 2.01. The van der Waals surface area contributed by atoms with Crippen LogP contribution in [0.5, 0.6) is 0 Å². The lowest BCUT2D eigenvalue weighted by Gasteiger charge is -2.08. The summed E-state index contributed by atoms with van der Waals surface area (Å²) in [5, 5.41) is 7.05. The molecule has 3 nitrogen and oxygen atoms in total. The van der Waals surface area contributed by atoms with Gasteiger partial charge in [-0.25, -0.2) is 8.78 Å². The van der Waals surface area contributed by atoms with Crippen LogP contribution in [0.2, 0.25) is 0 Å². The van der Waals surface area contributed by atoms with Crippen molar-refractivity contribution in [2.75, 3.05) is 5.32 Å². The molecular weight excluding hydrogens is 377 g/mol.